The minimum Gasteiger partial charge on any atom is -0.469 e. The van der Waals surface area contributed by atoms with Crippen LogP contribution >= 0.6 is 11.8 Å². The quantitative estimate of drug-likeness (QED) is 0.374. The van der Waals surface area contributed by atoms with Gasteiger partial charge in [0.05, 0.1) is 26.0 Å². The first-order chi connectivity index (χ1) is 13.8. The number of guanidine groups is 1. The van der Waals surface area contributed by atoms with Crippen LogP contribution in [0.5, 0.6) is 0 Å². The molecule has 1 aromatic heterocycles. The molecule has 0 amide bonds. The fourth-order valence-corrected chi connectivity index (χ4v) is 3.62. The smallest absolute Gasteiger partial charge is 0.193 e. The fraction of sp³-hybridized carbons (Fsp3) is 0.500. The first-order valence-corrected chi connectivity index (χ1v) is 11.4. The Morgan fingerprint density at radius 1 is 1.29 bits per heavy atom. The maximum atomic E-state index is 5.96. The van der Waals surface area contributed by atoms with Crippen LogP contribution in [0.3, 0.4) is 0 Å². The van der Waals surface area contributed by atoms with Gasteiger partial charge in [-0.3, -0.25) is 4.99 Å². The van der Waals surface area contributed by atoms with Crippen molar-refractivity contribution in [1.29, 1.82) is 0 Å². The van der Waals surface area contributed by atoms with Crippen LogP contribution < -0.4 is 5.32 Å². The Bertz CT molecular complexity index is 691. The fourth-order valence-electron chi connectivity index (χ4n) is 3.34. The minimum absolute atomic E-state index is 0.557. The number of ether oxygens (including phenoxy) is 1. The molecule has 1 fully saturated rings. The molecule has 0 saturated carbocycles. The highest BCUT2D eigenvalue weighted by atomic mass is 32.2. The Labute approximate surface area is 172 Å². The summed E-state index contributed by atoms with van der Waals surface area (Å²) >= 11 is 1.83. The van der Waals surface area contributed by atoms with Crippen LogP contribution in [-0.4, -0.2) is 55.7 Å². The van der Waals surface area contributed by atoms with Gasteiger partial charge in [-0.2, -0.15) is 11.8 Å². The maximum absolute atomic E-state index is 5.96. The van der Waals surface area contributed by atoms with Gasteiger partial charge in [0.25, 0.3) is 0 Å². The third-order valence-corrected chi connectivity index (χ3v) is 5.43. The summed E-state index contributed by atoms with van der Waals surface area (Å²) < 4.78 is 11.4. The normalized spacial score (nSPS) is 17.2. The summed E-state index contributed by atoms with van der Waals surface area (Å²) in [6, 6.07) is 14.3. The molecule has 2 aromatic rings. The standard InChI is InChI=1S/C22H31N3O2S/c1-28-15-12-24-22(23-11-9-21-8-5-14-27-21)25-13-10-20(16-25)18-26-17-19-6-3-2-4-7-19/h2-8,14,20H,9-13,15-18H2,1H3,(H,23,24). The second kappa shape index (κ2) is 11.8. The third-order valence-electron chi connectivity index (χ3n) is 4.84. The highest BCUT2D eigenvalue weighted by Crippen LogP contribution is 2.17. The number of aliphatic imine (C=N–C) groups is 1. The van der Waals surface area contributed by atoms with Crippen molar-refractivity contribution >= 4 is 17.7 Å². The lowest BCUT2D eigenvalue weighted by atomic mass is 10.1. The van der Waals surface area contributed by atoms with E-state index in [0.717, 1.165) is 63.1 Å². The van der Waals surface area contributed by atoms with E-state index < -0.39 is 0 Å². The van der Waals surface area contributed by atoms with E-state index in [1.54, 1.807) is 6.26 Å². The Kier molecular flexibility index (Phi) is 8.78. The van der Waals surface area contributed by atoms with Gasteiger partial charge in [-0.15, -0.1) is 0 Å². The minimum atomic E-state index is 0.557. The topological polar surface area (TPSA) is 50.0 Å². The zero-order chi connectivity index (χ0) is 19.4. The molecule has 28 heavy (non-hydrogen) atoms. The third kappa shape index (κ3) is 6.91. The summed E-state index contributed by atoms with van der Waals surface area (Å²) in [6.07, 6.45) is 5.86. The number of hydrogen-bond donors (Lipinski definition) is 1. The molecule has 1 aromatic carbocycles. The van der Waals surface area contributed by atoms with E-state index in [0.29, 0.717) is 12.5 Å². The van der Waals surface area contributed by atoms with Gasteiger partial charge in [0, 0.05) is 37.7 Å². The number of nitrogens with zero attached hydrogens (tertiary/aromatic N) is 2. The van der Waals surface area contributed by atoms with Crippen LogP contribution in [0.25, 0.3) is 0 Å². The molecule has 1 saturated heterocycles. The molecule has 5 nitrogen and oxygen atoms in total. The lowest BCUT2D eigenvalue weighted by Gasteiger charge is -2.22. The van der Waals surface area contributed by atoms with E-state index in [1.165, 1.54) is 5.56 Å². The van der Waals surface area contributed by atoms with Gasteiger partial charge in [0.2, 0.25) is 0 Å². The zero-order valence-corrected chi connectivity index (χ0v) is 17.5. The summed E-state index contributed by atoms with van der Waals surface area (Å²) in [6.45, 7) is 5.20. The Morgan fingerprint density at radius 3 is 2.96 bits per heavy atom. The molecule has 1 atom stereocenters. The van der Waals surface area contributed by atoms with Gasteiger partial charge in [-0.05, 0) is 30.4 Å². The number of furan rings is 1. The summed E-state index contributed by atoms with van der Waals surface area (Å²) in [4.78, 5) is 7.19. The average Bonchev–Trinajstić information content (AvgIpc) is 3.40. The molecule has 3 rings (SSSR count). The predicted molar refractivity (Wildman–Crippen MR) is 117 cm³/mol. The van der Waals surface area contributed by atoms with Crippen molar-refractivity contribution in [2.24, 2.45) is 10.9 Å². The summed E-state index contributed by atoms with van der Waals surface area (Å²) in [5, 5.41) is 3.53. The van der Waals surface area contributed by atoms with Crippen molar-refractivity contribution in [2.45, 2.75) is 19.4 Å². The van der Waals surface area contributed by atoms with Gasteiger partial charge in [-0.25, -0.2) is 0 Å². The number of likely N-dealkylation sites (tertiary alicyclic amines) is 1. The first kappa shape index (κ1) is 20.8. The first-order valence-electron chi connectivity index (χ1n) is 10.0. The number of nitrogens with one attached hydrogen (secondary N) is 1. The van der Waals surface area contributed by atoms with E-state index in [-0.39, 0.29) is 0 Å². The van der Waals surface area contributed by atoms with Gasteiger partial charge in [-0.1, -0.05) is 30.3 Å². The highest BCUT2D eigenvalue weighted by Gasteiger charge is 2.25. The molecule has 2 heterocycles. The van der Waals surface area contributed by atoms with Crippen molar-refractivity contribution in [3.8, 4) is 0 Å². The molecule has 1 aliphatic heterocycles. The Morgan fingerprint density at radius 2 is 2.18 bits per heavy atom. The van der Waals surface area contributed by atoms with Gasteiger partial charge >= 0.3 is 0 Å². The second-order valence-electron chi connectivity index (χ2n) is 7.06. The van der Waals surface area contributed by atoms with Crippen LogP contribution in [0.1, 0.15) is 17.7 Å². The van der Waals surface area contributed by atoms with E-state index in [9.17, 15) is 0 Å². The number of hydrogen-bond acceptors (Lipinski definition) is 4. The number of thioether (sulfide) groups is 1. The molecule has 1 aliphatic rings. The van der Waals surface area contributed by atoms with Crippen molar-refractivity contribution in [1.82, 2.24) is 10.2 Å². The lowest BCUT2D eigenvalue weighted by Crippen LogP contribution is -2.41. The van der Waals surface area contributed by atoms with Crippen molar-refractivity contribution < 1.29 is 9.15 Å². The van der Waals surface area contributed by atoms with Crippen LogP contribution in [-0.2, 0) is 17.8 Å². The van der Waals surface area contributed by atoms with Crippen LogP contribution in [0, 0.1) is 5.92 Å². The average molecular weight is 402 g/mol. The summed E-state index contributed by atoms with van der Waals surface area (Å²) in [5.74, 6) is 3.62. The van der Waals surface area contributed by atoms with Crippen molar-refractivity contribution in [3.63, 3.8) is 0 Å². The second-order valence-corrected chi connectivity index (χ2v) is 8.04. The van der Waals surface area contributed by atoms with Gasteiger partial charge in [0.1, 0.15) is 5.76 Å². The zero-order valence-electron chi connectivity index (χ0n) is 16.7. The van der Waals surface area contributed by atoms with E-state index in [1.807, 2.05) is 30.0 Å². The SMILES string of the molecule is CSCCN=C(NCCc1ccco1)N1CCC(COCc2ccccc2)C1. The van der Waals surface area contributed by atoms with Crippen molar-refractivity contribution in [2.75, 3.05) is 44.8 Å². The molecule has 0 radical (unpaired) electrons. The highest BCUT2D eigenvalue weighted by molar-refractivity contribution is 7.98. The van der Waals surface area contributed by atoms with Gasteiger partial charge in [0.15, 0.2) is 5.96 Å². The molecular weight excluding hydrogens is 370 g/mol. The van der Waals surface area contributed by atoms with E-state index in [2.05, 4.69) is 40.7 Å². The van der Waals surface area contributed by atoms with E-state index >= 15 is 0 Å². The van der Waals surface area contributed by atoms with E-state index in [4.69, 9.17) is 14.1 Å². The van der Waals surface area contributed by atoms with Crippen LogP contribution in [0.4, 0.5) is 0 Å². The monoisotopic (exact) mass is 401 g/mol. The molecule has 152 valence electrons. The molecule has 1 N–H and O–H groups in total. The number of benzene rings is 1. The Hall–Kier alpha value is -1.92. The summed E-state index contributed by atoms with van der Waals surface area (Å²) in [5.41, 5.74) is 1.23. The molecular formula is C22H31N3O2S. The molecule has 6 heteroatoms. The molecule has 0 spiro atoms. The maximum Gasteiger partial charge on any atom is 0.193 e. The van der Waals surface area contributed by atoms with Gasteiger partial charge < -0.3 is 19.4 Å². The molecule has 0 aliphatic carbocycles. The van der Waals surface area contributed by atoms with Crippen LogP contribution in [0.15, 0.2) is 58.1 Å². The van der Waals surface area contributed by atoms with Crippen molar-refractivity contribution in [3.05, 3.63) is 60.1 Å². The lowest BCUT2D eigenvalue weighted by molar-refractivity contribution is 0.0906. The van der Waals surface area contributed by atoms with Crippen LogP contribution in [0.2, 0.25) is 0 Å². The largest absolute Gasteiger partial charge is 0.469 e. The molecule has 0 bridgehead atoms. The Balaban J connectivity index is 1.44. The molecule has 1 unspecified atom stereocenters. The summed E-state index contributed by atoms with van der Waals surface area (Å²) in [7, 11) is 0. The number of rotatable bonds is 10. The predicted octanol–water partition coefficient (Wildman–Crippen LogP) is 3.67.